The first-order valence-corrected chi connectivity index (χ1v) is 7.40. The number of halogens is 1. The highest BCUT2D eigenvalue weighted by Crippen LogP contribution is 2.21. The van der Waals surface area contributed by atoms with Gasteiger partial charge in [0.05, 0.1) is 0 Å². The summed E-state index contributed by atoms with van der Waals surface area (Å²) in [5.74, 6) is 0.784. The van der Waals surface area contributed by atoms with E-state index in [-0.39, 0.29) is 0 Å². The Bertz CT molecular complexity index is 434. The van der Waals surface area contributed by atoms with Crippen molar-refractivity contribution in [2.24, 2.45) is 0 Å². The number of aliphatic hydroxyl groups excluding tert-OH is 1. The van der Waals surface area contributed by atoms with Crippen LogP contribution in [0.1, 0.15) is 5.56 Å². The van der Waals surface area contributed by atoms with E-state index in [1.807, 2.05) is 19.1 Å². The molecule has 1 fully saturated rings. The Hall–Kier alpha value is -0.810. The van der Waals surface area contributed by atoms with E-state index in [2.05, 4.69) is 16.8 Å². The Morgan fingerprint density at radius 3 is 2.65 bits per heavy atom. The van der Waals surface area contributed by atoms with Crippen LogP contribution in [-0.2, 0) is 0 Å². The number of piperazine rings is 1. The van der Waals surface area contributed by atoms with Gasteiger partial charge in [-0.2, -0.15) is 0 Å². The van der Waals surface area contributed by atoms with Crippen LogP contribution in [-0.4, -0.2) is 67.4 Å². The van der Waals surface area contributed by atoms with Gasteiger partial charge in [-0.1, -0.05) is 11.6 Å². The molecule has 5 heteroatoms. The van der Waals surface area contributed by atoms with E-state index in [9.17, 15) is 5.11 Å². The molecule has 1 atom stereocenters. The highest BCUT2D eigenvalue weighted by Gasteiger charge is 2.17. The third kappa shape index (κ3) is 4.63. The molecule has 1 saturated heterocycles. The number of ether oxygens (including phenoxy) is 1. The molecule has 2 rings (SSSR count). The lowest BCUT2D eigenvalue weighted by Gasteiger charge is -2.33. The Labute approximate surface area is 125 Å². The van der Waals surface area contributed by atoms with Crippen LogP contribution in [0.5, 0.6) is 5.75 Å². The van der Waals surface area contributed by atoms with Gasteiger partial charge in [0.2, 0.25) is 0 Å². The molecule has 20 heavy (non-hydrogen) atoms. The molecule has 0 aliphatic carbocycles. The first-order valence-electron chi connectivity index (χ1n) is 7.02. The van der Waals surface area contributed by atoms with Gasteiger partial charge in [-0.25, -0.2) is 0 Å². The minimum Gasteiger partial charge on any atom is -0.491 e. The Morgan fingerprint density at radius 1 is 1.30 bits per heavy atom. The van der Waals surface area contributed by atoms with Gasteiger partial charge in [-0.15, -0.1) is 0 Å². The van der Waals surface area contributed by atoms with Crippen molar-refractivity contribution in [2.75, 3.05) is 46.4 Å². The standard InChI is InChI=1S/C15H23ClN2O2/c1-12-9-13(16)3-4-15(12)20-11-14(19)10-18-7-5-17(2)6-8-18/h3-4,9,14,19H,5-8,10-11H2,1-2H3. The fourth-order valence-corrected chi connectivity index (χ4v) is 2.57. The molecule has 0 spiro atoms. The molecule has 1 aromatic rings. The van der Waals surface area contributed by atoms with Crippen LogP contribution in [0, 0.1) is 6.92 Å². The zero-order chi connectivity index (χ0) is 14.5. The SMILES string of the molecule is Cc1cc(Cl)ccc1OCC(O)CN1CCN(C)CC1. The highest BCUT2D eigenvalue weighted by atomic mass is 35.5. The summed E-state index contributed by atoms with van der Waals surface area (Å²) in [6.45, 7) is 7.07. The summed E-state index contributed by atoms with van der Waals surface area (Å²) in [5.41, 5.74) is 0.990. The van der Waals surface area contributed by atoms with Gasteiger partial charge in [0.25, 0.3) is 0 Å². The summed E-state index contributed by atoms with van der Waals surface area (Å²) in [7, 11) is 2.13. The number of β-amino-alcohol motifs (C(OH)–C–C–N with tert-alkyl or cyclic N) is 1. The average Bonchev–Trinajstić information content (AvgIpc) is 2.40. The van der Waals surface area contributed by atoms with Gasteiger partial charge in [0.1, 0.15) is 18.5 Å². The number of aryl methyl sites for hydroxylation is 1. The molecule has 1 aliphatic heterocycles. The third-order valence-electron chi connectivity index (χ3n) is 3.63. The van der Waals surface area contributed by atoms with Gasteiger partial charge in [0.15, 0.2) is 0 Å². The van der Waals surface area contributed by atoms with Crippen LogP contribution in [0.4, 0.5) is 0 Å². The third-order valence-corrected chi connectivity index (χ3v) is 3.87. The summed E-state index contributed by atoms with van der Waals surface area (Å²) in [4.78, 5) is 4.58. The van der Waals surface area contributed by atoms with Gasteiger partial charge >= 0.3 is 0 Å². The second-order valence-electron chi connectivity index (χ2n) is 5.48. The first kappa shape index (κ1) is 15.6. The number of rotatable bonds is 5. The van der Waals surface area contributed by atoms with E-state index in [0.29, 0.717) is 18.2 Å². The lowest BCUT2D eigenvalue weighted by molar-refractivity contribution is 0.0503. The van der Waals surface area contributed by atoms with Crippen LogP contribution in [0.3, 0.4) is 0 Å². The Kier molecular flexibility index (Phi) is 5.66. The summed E-state index contributed by atoms with van der Waals surface area (Å²) >= 11 is 5.90. The molecular formula is C15H23ClN2O2. The van der Waals surface area contributed by atoms with Crippen molar-refractivity contribution in [3.63, 3.8) is 0 Å². The van der Waals surface area contributed by atoms with E-state index in [1.54, 1.807) is 6.07 Å². The molecule has 112 valence electrons. The van der Waals surface area contributed by atoms with Gasteiger partial charge in [-0.05, 0) is 37.7 Å². The molecular weight excluding hydrogens is 276 g/mol. The van der Waals surface area contributed by atoms with E-state index < -0.39 is 6.10 Å². The van der Waals surface area contributed by atoms with Gasteiger partial charge in [-0.3, -0.25) is 4.90 Å². The van der Waals surface area contributed by atoms with Crippen LogP contribution < -0.4 is 4.74 Å². The molecule has 0 aromatic heterocycles. The number of aliphatic hydroxyl groups is 1. The summed E-state index contributed by atoms with van der Waals surface area (Å²) < 4.78 is 5.67. The molecule has 1 N–H and O–H groups in total. The molecule has 4 nitrogen and oxygen atoms in total. The summed E-state index contributed by atoms with van der Waals surface area (Å²) in [5, 5.41) is 10.8. The second-order valence-corrected chi connectivity index (χ2v) is 5.91. The number of hydrogen-bond donors (Lipinski definition) is 1. The predicted molar refractivity (Wildman–Crippen MR) is 81.6 cm³/mol. The minimum absolute atomic E-state index is 0.314. The van der Waals surface area contributed by atoms with Crippen molar-refractivity contribution < 1.29 is 9.84 Å². The van der Waals surface area contributed by atoms with Gasteiger partial charge < -0.3 is 14.7 Å². The normalized spacial score (nSPS) is 19.0. The number of likely N-dealkylation sites (N-methyl/N-ethyl adjacent to an activating group) is 1. The molecule has 1 unspecified atom stereocenters. The molecule has 1 aliphatic rings. The molecule has 0 bridgehead atoms. The van der Waals surface area contributed by atoms with Crippen molar-refractivity contribution in [3.8, 4) is 5.75 Å². The summed E-state index contributed by atoms with van der Waals surface area (Å²) in [6, 6.07) is 5.51. The van der Waals surface area contributed by atoms with Crippen molar-refractivity contribution in [2.45, 2.75) is 13.0 Å². The van der Waals surface area contributed by atoms with Crippen LogP contribution >= 0.6 is 11.6 Å². The molecule has 1 heterocycles. The maximum Gasteiger partial charge on any atom is 0.122 e. The highest BCUT2D eigenvalue weighted by molar-refractivity contribution is 6.30. The maximum atomic E-state index is 10.1. The van der Waals surface area contributed by atoms with Crippen molar-refractivity contribution in [3.05, 3.63) is 28.8 Å². The second kappa shape index (κ2) is 7.27. The smallest absolute Gasteiger partial charge is 0.122 e. The lowest BCUT2D eigenvalue weighted by atomic mass is 10.2. The molecule has 0 radical (unpaired) electrons. The van der Waals surface area contributed by atoms with Crippen LogP contribution in [0.2, 0.25) is 5.02 Å². The zero-order valence-electron chi connectivity index (χ0n) is 12.2. The number of nitrogens with zero attached hydrogens (tertiary/aromatic N) is 2. The molecule has 0 saturated carbocycles. The van der Waals surface area contributed by atoms with Gasteiger partial charge in [0, 0.05) is 37.7 Å². The molecule has 1 aromatic carbocycles. The first-order chi connectivity index (χ1) is 9.54. The van der Waals surface area contributed by atoms with Crippen molar-refractivity contribution in [1.82, 2.24) is 9.80 Å². The lowest BCUT2D eigenvalue weighted by Crippen LogP contribution is -2.47. The average molecular weight is 299 g/mol. The predicted octanol–water partition coefficient (Wildman–Crippen LogP) is 1.64. The largest absolute Gasteiger partial charge is 0.491 e. The fraction of sp³-hybridized carbons (Fsp3) is 0.600. The fourth-order valence-electron chi connectivity index (χ4n) is 2.34. The van der Waals surface area contributed by atoms with Crippen molar-refractivity contribution >= 4 is 11.6 Å². The van der Waals surface area contributed by atoms with E-state index in [1.165, 1.54) is 0 Å². The zero-order valence-corrected chi connectivity index (χ0v) is 12.9. The van der Waals surface area contributed by atoms with Crippen LogP contribution in [0.25, 0.3) is 0 Å². The quantitative estimate of drug-likeness (QED) is 0.896. The number of hydrogen-bond acceptors (Lipinski definition) is 4. The Morgan fingerprint density at radius 2 is 2.00 bits per heavy atom. The number of benzene rings is 1. The monoisotopic (exact) mass is 298 g/mol. The van der Waals surface area contributed by atoms with E-state index in [0.717, 1.165) is 37.5 Å². The minimum atomic E-state index is -0.464. The van der Waals surface area contributed by atoms with E-state index in [4.69, 9.17) is 16.3 Å². The maximum absolute atomic E-state index is 10.1. The van der Waals surface area contributed by atoms with Crippen molar-refractivity contribution in [1.29, 1.82) is 0 Å². The van der Waals surface area contributed by atoms with E-state index >= 15 is 0 Å². The summed E-state index contributed by atoms with van der Waals surface area (Å²) in [6.07, 6.45) is -0.464. The van der Waals surface area contributed by atoms with Crippen LogP contribution in [0.15, 0.2) is 18.2 Å². The Balaban J connectivity index is 1.76. The topological polar surface area (TPSA) is 35.9 Å². The molecule has 0 amide bonds.